The molecule has 1 heterocycles. The molecule has 2 rings (SSSR count). The Labute approximate surface area is 127 Å². The van der Waals surface area contributed by atoms with E-state index in [0.29, 0.717) is 5.69 Å². The molecule has 0 aromatic carbocycles. The number of nitrogens with two attached hydrogens (primary N) is 1. The lowest BCUT2D eigenvalue weighted by atomic mass is 9.85. The number of rotatable bonds is 4. The summed E-state index contributed by atoms with van der Waals surface area (Å²) >= 11 is 0. The van der Waals surface area contributed by atoms with Crippen LogP contribution in [0.25, 0.3) is 0 Å². The molecule has 120 valence electrons. The van der Waals surface area contributed by atoms with Crippen LogP contribution in [-0.2, 0) is 17.1 Å². The highest BCUT2D eigenvalue weighted by Gasteiger charge is 2.34. The van der Waals surface area contributed by atoms with Gasteiger partial charge in [-0.05, 0) is 38.5 Å². The molecule has 1 aliphatic carbocycles. The Morgan fingerprint density at radius 2 is 1.90 bits per heavy atom. The Morgan fingerprint density at radius 3 is 2.33 bits per heavy atom. The summed E-state index contributed by atoms with van der Waals surface area (Å²) in [7, 11) is -0.208. The Kier molecular flexibility index (Phi) is 4.63. The minimum absolute atomic E-state index is 0.0665. The zero-order valence-corrected chi connectivity index (χ0v) is 14.2. The molecule has 0 radical (unpaired) electrons. The van der Waals surface area contributed by atoms with Gasteiger partial charge in [-0.25, -0.2) is 8.42 Å². The van der Waals surface area contributed by atoms with Gasteiger partial charge in [0.2, 0.25) is 10.0 Å². The molecular formula is C14H26N4O2S. The van der Waals surface area contributed by atoms with Gasteiger partial charge in [-0.15, -0.1) is 0 Å². The van der Waals surface area contributed by atoms with Gasteiger partial charge in [-0.3, -0.25) is 4.68 Å². The standard InChI is InChI=1S/C14H26N4O2S/c1-5-11-6-8-12(9-7-11)18(4)21(19,20)13-10(2)17(3)16-14(13)15/h11-12H,5-9H2,1-4H3,(H2,15,16). The molecule has 1 saturated carbocycles. The smallest absolute Gasteiger partial charge is 0.248 e. The van der Waals surface area contributed by atoms with E-state index in [1.165, 1.54) is 15.4 Å². The van der Waals surface area contributed by atoms with Gasteiger partial charge in [-0.2, -0.15) is 9.40 Å². The Hall–Kier alpha value is -1.08. The predicted octanol–water partition coefficient (Wildman–Crippen LogP) is 1.90. The SMILES string of the molecule is CCC1CCC(N(C)S(=O)(=O)c2c(N)nn(C)c2C)CC1. The third kappa shape index (κ3) is 2.94. The number of nitrogens with zero attached hydrogens (tertiary/aromatic N) is 3. The topological polar surface area (TPSA) is 81.2 Å². The highest BCUT2D eigenvalue weighted by Crippen LogP contribution is 2.33. The number of anilines is 1. The molecule has 1 aliphatic rings. The minimum atomic E-state index is -3.58. The van der Waals surface area contributed by atoms with Crippen molar-refractivity contribution in [3.8, 4) is 0 Å². The summed E-state index contributed by atoms with van der Waals surface area (Å²) < 4.78 is 28.7. The first kappa shape index (κ1) is 16.3. The zero-order chi connectivity index (χ0) is 15.8. The van der Waals surface area contributed by atoms with E-state index in [4.69, 9.17) is 5.73 Å². The average molecular weight is 314 g/mol. The summed E-state index contributed by atoms with van der Waals surface area (Å²) in [6.07, 6.45) is 5.23. The fourth-order valence-electron chi connectivity index (χ4n) is 3.19. The van der Waals surface area contributed by atoms with Crippen molar-refractivity contribution in [3.05, 3.63) is 5.69 Å². The van der Waals surface area contributed by atoms with Gasteiger partial charge in [0, 0.05) is 20.1 Å². The van der Waals surface area contributed by atoms with E-state index in [-0.39, 0.29) is 16.8 Å². The number of aryl methyl sites for hydroxylation is 1. The van der Waals surface area contributed by atoms with Gasteiger partial charge < -0.3 is 5.73 Å². The van der Waals surface area contributed by atoms with Gasteiger partial charge in [0.15, 0.2) is 5.82 Å². The van der Waals surface area contributed by atoms with E-state index in [2.05, 4.69) is 12.0 Å². The summed E-state index contributed by atoms with van der Waals surface area (Å²) in [5, 5.41) is 4.02. The Balaban J connectivity index is 2.24. The third-order valence-electron chi connectivity index (χ3n) is 4.85. The molecule has 0 spiro atoms. The fourth-order valence-corrected chi connectivity index (χ4v) is 4.89. The van der Waals surface area contributed by atoms with Crippen LogP contribution in [0.1, 0.15) is 44.7 Å². The van der Waals surface area contributed by atoms with Crippen molar-refractivity contribution in [2.45, 2.75) is 56.9 Å². The van der Waals surface area contributed by atoms with Gasteiger partial charge in [-0.1, -0.05) is 13.3 Å². The van der Waals surface area contributed by atoms with E-state index >= 15 is 0 Å². The second-order valence-corrected chi connectivity index (χ2v) is 7.96. The molecule has 0 unspecified atom stereocenters. The number of nitrogen functional groups attached to an aromatic ring is 1. The molecule has 0 atom stereocenters. The molecule has 0 amide bonds. The minimum Gasteiger partial charge on any atom is -0.381 e. The van der Waals surface area contributed by atoms with Crippen molar-refractivity contribution >= 4 is 15.8 Å². The van der Waals surface area contributed by atoms with Crippen molar-refractivity contribution in [1.29, 1.82) is 0 Å². The quantitative estimate of drug-likeness (QED) is 0.920. The summed E-state index contributed by atoms with van der Waals surface area (Å²) in [5.74, 6) is 0.826. The van der Waals surface area contributed by atoms with E-state index in [1.807, 2.05) is 0 Å². The largest absolute Gasteiger partial charge is 0.381 e. The van der Waals surface area contributed by atoms with Gasteiger partial charge >= 0.3 is 0 Å². The normalized spacial score (nSPS) is 23.7. The fraction of sp³-hybridized carbons (Fsp3) is 0.786. The summed E-state index contributed by atoms with van der Waals surface area (Å²) in [6, 6.07) is 0.0665. The van der Waals surface area contributed by atoms with E-state index in [0.717, 1.165) is 31.6 Å². The number of hydrogen-bond acceptors (Lipinski definition) is 4. The van der Waals surface area contributed by atoms with Gasteiger partial charge in [0.25, 0.3) is 0 Å². The maximum absolute atomic E-state index is 12.8. The van der Waals surface area contributed by atoms with Crippen LogP contribution in [0.4, 0.5) is 5.82 Å². The van der Waals surface area contributed by atoms with Crippen LogP contribution in [0, 0.1) is 12.8 Å². The van der Waals surface area contributed by atoms with Crippen LogP contribution in [0.2, 0.25) is 0 Å². The average Bonchev–Trinajstić information content (AvgIpc) is 2.71. The monoisotopic (exact) mass is 314 g/mol. The van der Waals surface area contributed by atoms with E-state index in [9.17, 15) is 8.42 Å². The lowest BCUT2D eigenvalue weighted by molar-refractivity contribution is 0.233. The second-order valence-electron chi connectivity index (χ2n) is 6.03. The van der Waals surface area contributed by atoms with Crippen molar-refractivity contribution in [1.82, 2.24) is 14.1 Å². The molecule has 0 bridgehead atoms. The highest BCUT2D eigenvalue weighted by atomic mass is 32.2. The predicted molar refractivity (Wildman–Crippen MR) is 83.3 cm³/mol. The van der Waals surface area contributed by atoms with Crippen LogP contribution >= 0.6 is 0 Å². The highest BCUT2D eigenvalue weighted by molar-refractivity contribution is 7.89. The first-order valence-corrected chi connectivity index (χ1v) is 9.00. The van der Waals surface area contributed by atoms with E-state index < -0.39 is 10.0 Å². The van der Waals surface area contributed by atoms with Crippen molar-refractivity contribution in [2.24, 2.45) is 13.0 Å². The van der Waals surface area contributed by atoms with Crippen LogP contribution in [0.5, 0.6) is 0 Å². The maximum atomic E-state index is 12.8. The number of aromatic nitrogens is 2. The first-order valence-electron chi connectivity index (χ1n) is 7.56. The van der Waals surface area contributed by atoms with Crippen LogP contribution < -0.4 is 5.73 Å². The lowest BCUT2D eigenvalue weighted by Gasteiger charge is -2.33. The van der Waals surface area contributed by atoms with Gasteiger partial charge in [0.05, 0.1) is 5.69 Å². The van der Waals surface area contributed by atoms with Crippen LogP contribution in [0.15, 0.2) is 4.90 Å². The van der Waals surface area contributed by atoms with Crippen molar-refractivity contribution in [3.63, 3.8) is 0 Å². The van der Waals surface area contributed by atoms with E-state index in [1.54, 1.807) is 21.0 Å². The molecule has 0 aliphatic heterocycles. The molecular weight excluding hydrogens is 288 g/mol. The number of sulfonamides is 1. The molecule has 1 aromatic heterocycles. The summed E-state index contributed by atoms with van der Waals surface area (Å²) in [4.78, 5) is 0.158. The summed E-state index contributed by atoms with van der Waals surface area (Å²) in [6.45, 7) is 3.93. The molecule has 7 heteroatoms. The molecule has 0 saturated heterocycles. The van der Waals surface area contributed by atoms with Crippen LogP contribution in [-0.4, -0.2) is 35.6 Å². The van der Waals surface area contributed by atoms with Crippen molar-refractivity contribution in [2.75, 3.05) is 12.8 Å². The zero-order valence-electron chi connectivity index (χ0n) is 13.3. The van der Waals surface area contributed by atoms with Crippen molar-refractivity contribution < 1.29 is 8.42 Å². The molecule has 1 fully saturated rings. The van der Waals surface area contributed by atoms with Gasteiger partial charge in [0.1, 0.15) is 4.90 Å². The molecule has 1 aromatic rings. The second kappa shape index (κ2) is 5.96. The molecule has 2 N–H and O–H groups in total. The third-order valence-corrected chi connectivity index (χ3v) is 6.93. The van der Waals surface area contributed by atoms with Crippen LogP contribution in [0.3, 0.4) is 0 Å². The summed E-state index contributed by atoms with van der Waals surface area (Å²) in [5.41, 5.74) is 6.39. The molecule has 6 nitrogen and oxygen atoms in total. The number of hydrogen-bond donors (Lipinski definition) is 1. The molecule has 21 heavy (non-hydrogen) atoms. The Bertz CT molecular complexity index is 601. The Morgan fingerprint density at radius 1 is 1.33 bits per heavy atom. The first-order chi connectivity index (χ1) is 9.78. The lowest BCUT2D eigenvalue weighted by Crippen LogP contribution is -2.39. The maximum Gasteiger partial charge on any atom is 0.248 e.